The lowest BCUT2D eigenvalue weighted by atomic mass is 10.1. The zero-order chi connectivity index (χ0) is 19.7. The van der Waals surface area contributed by atoms with Crippen molar-refractivity contribution in [2.45, 2.75) is 20.3 Å². The molecule has 2 heterocycles. The van der Waals surface area contributed by atoms with Crippen molar-refractivity contribution in [3.8, 4) is 11.5 Å². The van der Waals surface area contributed by atoms with Crippen LogP contribution in [0.3, 0.4) is 0 Å². The third kappa shape index (κ3) is 3.88. The molecule has 1 N–H and O–H groups in total. The average molecular weight is 415 g/mol. The number of carbonyl (C=O) groups is 1. The lowest BCUT2D eigenvalue weighted by Gasteiger charge is -2.10. The van der Waals surface area contributed by atoms with Gasteiger partial charge in [-0.05, 0) is 60.5 Å². The van der Waals surface area contributed by atoms with Gasteiger partial charge in [-0.3, -0.25) is 4.79 Å². The standard InChI is InChI=1S/C21H19ClN2O3S/c1-12-5-3-6-13(2)18(12)23-21-24-20(25)17(28-21)11-14-9-15(22)19-16(10-14)26-7-4-8-27-19/h3,5-6,9-11H,4,7-8H2,1-2H3,(H,23,24,25)/b17-11-. The number of aliphatic imine (C=N–C) groups is 1. The number of amides is 1. The highest BCUT2D eigenvalue weighted by molar-refractivity contribution is 8.18. The summed E-state index contributed by atoms with van der Waals surface area (Å²) < 4.78 is 11.4. The first kappa shape index (κ1) is 18.9. The number of para-hydroxylation sites is 1. The number of fused-ring (bicyclic) bond motifs is 1. The van der Waals surface area contributed by atoms with Gasteiger partial charge in [-0.1, -0.05) is 29.8 Å². The van der Waals surface area contributed by atoms with Gasteiger partial charge in [0.2, 0.25) is 0 Å². The number of aryl methyl sites for hydroxylation is 2. The van der Waals surface area contributed by atoms with E-state index in [0.717, 1.165) is 28.8 Å². The maximum absolute atomic E-state index is 12.4. The zero-order valence-corrected chi connectivity index (χ0v) is 17.1. The Hall–Kier alpha value is -2.44. The second kappa shape index (κ2) is 7.89. The van der Waals surface area contributed by atoms with E-state index in [-0.39, 0.29) is 5.91 Å². The maximum Gasteiger partial charge on any atom is 0.264 e. The topological polar surface area (TPSA) is 59.9 Å². The first-order valence-corrected chi connectivity index (χ1v) is 10.2. The van der Waals surface area contributed by atoms with Gasteiger partial charge in [0.25, 0.3) is 5.91 Å². The predicted octanol–water partition coefficient (Wildman–Crippen LogP) is 5.01. The van der Waals surface area contributed by atoms with Crippen molar-refractivity contribution < 1.29 is 14.3 Å². The van der Waals surface area contributed by atoms with Crippen LogP contribution in [0, 0.1) is 13.8 Å². The Balaban J connectivity index is 1.63. The van der Waals surface area contributed by atoms with Crippen molar-refractivity contribution in [3.63, 3.8) is 0 Å². The molecule has 2 aliphatic rings. The summed E-state index contributed by atoms with van der Waals surface area (Å²) in [6.45, 7) is 5.16. The summed E-state index contributed by atoms with van der Waals surface area (Å²) in [7, 11) is 0. The van der Waals surface area contributed by atoms with Gasteiger partial charge in [0.15, 0.2) is 16.7 Å². The summed E-state index contributed by atoms with van der Waals surface area (Å²) in [4.78, 5) is 17.6. The van der Waals surface area contributed by atoms with E-state index in [0.29, 0.717) is 39.8 Å². The SMILES string of the molecule is Cc1cccc(C)c1N=C1NC(=O)/C(=C/c2cc(Cl)c3c(c2)OCCCO3)S1. The molecule has 0 saturated carbocycles. The molecule has 2 aromatic carbocycles. The average Bonchev–Trinajstić information content (AvgIpc) is 2.84. The molecule has 0 aliphatic carbocycles. The number of benzene rings is 2. The Bertz CT molecular complexity index is 997. The molecule has 0 atom stereocenters. The van der Waals surface area contributed by atoms with Crippen molar-refractivity contribution in [2.24, 2.45) is 4.99 Å². The van der Waals surface area contributed by atoms with Crippen LogP contribution in [0.1, 0.15) is 23.1 Å². The van der Waals surface area contributed by atoms with Crippen LogP contribution in [0.4, 0.5) is 5.69 Å². The minimum Gasteiger partial charge on any atom is -0.489 e. The number of amidine groups is 1. The second-order valence-corrected chi connectivity index (χ2v) is 8.04. The molecule has 2 aliphatic heterocycles. The second-order valence-electron chi connectivity index (χ2n) is 6.60. The van der Waals surface area contributed by atoms with Crippen LogP contribution in [0.2, 0.25) is 5.02 Å². The number of thioether (sulfide) groups is 1. The van der Waals surface area contributed by atoms with Crippen LogP contribution in [-0.2, 0) is 4.79 Å². The molecule has 0 bridgehead atoms. The summed E-state index contributed by atoms with van der Waals surface area (Å²) >= 11 is 7.66. The highest BCUT2D eigenvalue weighted by Crippen LogP contribution is 2.39. The van der Waals surface area contributed by atoms with Gasteiger partial charge in [0.1, 0.15) is 0 Å². The molecule has 144 valence electrons. The number of halogens is 1. The van der Waals surface area contributed by atoms with E-state index in [1.165, 1.54) is 11.8 Å². The number of nitrogens with zero attached hydrogens (tertiary/aromatic N) is 1. The van der Waals surface area contributed by atoms with E-state index in [1.54, 1.807) is 12.1 Å². The van der Waals surface area contributed by atoms with Gasteiger partial charge in [0, 0.05) is 6.42 Å². The molecular weight excluding hydrogens is 396 g/mol. The molecule has 1 saturated heterocycles. The zero-order valence-electron chi connectivity index (χ0n) is 15.5. The van der Waals surface area contributed by atoms with E-state index < -0.39 is 0 Å². The molecule has 1 amide bonds. The third-order valence-electron chi connectivity index (χ3n) is 4.43. The van der Waals surface area contributed by atoms with Gasteiger partial charge in [-0.2, -0.15) is 0 Å². The summed E-state index contributed by atoms with van der Waals surface area (Å²) in [5.41, 5.74) is 3.79. The highest BCUT2D eigenvalue weighted by Gasteiger charge is 2.25. The Labute approximate surface area is 172 Å². The molecule has 5 nitrogen and oxygen atoms in total. The summed E-state index contributed by atoms with van der Waals surface area (Å²) in [5.74, 6) is 0.977. The van der Waals surface area contributed by atoms with Crippen molar-refractivity contribution in [1.29, 1.82) is 0 Å². The molecule has 0 unspecified atom stereocenters. The van der Waals surface area contributed by atoms with Gasteiger partial charge in [-0.25, -0.2) is 4.99 Å². The van der Waals surface area contributed by atoms with E-state index in [9.17, 15) is 4.79 Å². The molecule has 7 heteroatoms. The van der Waals surface area contributed by atoms with Gasteiger partial charge < -0.3 is 14.8 Å². The van der Waals surface area contributed by atoms with E-state index >= 15 is 0 Å². The largest absolute Gasteiger partial charge is 0.489 e. The quantitative estimate of drug-likeness (QED) is 0.702. The number of hydrogen-bond donors (Lipinski definition) is 1. The van der Waals surface area contributed by atoms with Crippen molar-refractivity contribution >= 4 is 46.2 Å². The van der Waals surface area contributed by atoms with Crippen LogP contribution in [0.25, 0.3) is 6.08 Å². The van der Waals surface area contributed by atoms with E-state index in [1.807, 2.05) is 38.1 Å². The van der Waals surface area contributed by atoms with Crippen LogP contribution < -0.4 is 14.8 Å². The van der Waals surface area contributed by atoms with E-state index in [4.69, 9.17) is 21.1 Å². The van der Waals surface area contributed by atoms with Gasteiger partial charge >= 0.3 is 0 Å². The molecule has 28 heavy (non-hydrogen) atoms. The highest BCUT2D eigenvalue weighted by atomic mass is 35.5. The van der Waals surface area contributed by atoms with Crippen LogP contribution in [0.15, 0.2) is 40.2 Å². The summed E-state index contributed by atoms with van der Waals surface area (Å²) in [6, 6.07) is 9.62. The lowest BCUT2D eigenvalue weighted by molar-refractivity contribution is -0.115. The first-order valence-electron chi connectivity index (χ1n) is 8.96. The molecule has 0 radical (unpaired) electrons. The fourth-order valence-corrected chi connectivity index (χ4v) is 4.15. The fourth-order valence-electron chi connectivity index (χ4n) is 3.05. The van der Waals surface area contributed by atoms with Gasteiger partial charge in [0.05, 0.1) is 28.8 Å². The van der Waals surface area contributed by atoms with Gasteiger partial charge in [-0.15, -0.1) is 0 Å². The monoisotopic (exact) mass is 414 g/mol. The molecule has 0 spiro atoms. The van der Waals surface area contributed by atoms with Crippen LogP contribution >= 0.6 is 23.4 Å². The molecule has 0 aromatic heterocycles. The minimum absolute atomic E-state index is 0.182. The lowest BCUT2D eigenvalue weighted by Crippen LogP contribution is -2.19. The molecule has 2 aromatic rings. The smallest absolute Gasteiger partial charge is 0.264 e. The molecule has 1 fully saturated rings. The number of carbonyl (C=O) groups excluding carboxylic acids is 1. The van der Waals surface area contributed by atoms with Crippen molar-refractivity contribution in [3.05, 3.63) is 56.9 Å². The van der Waals surface area contributed by atoms with Crippen LogP contribution in [0.5, 0.6) is 11.5 Å². The maximum atomic E-state index is 12.4. The number of nitrogens with one attached hydrogen (secondary N) is 1. The number of ether oxygens (including phenoxy) is 2. The Morgan fingerprint density at radius 3 is 2.71 bits per heavy atom. The first-order chi connectivity index (χ1) is 13.5. The summed E-state index contributed by atoms with van der Waals surface area (Å²) in [6.07, 6.45) is 2.59. The Morgan fingerprint density at radius 1 is 1.18 bits per heavy atom. The molecular formula is C21H19ClN2O3S. The fraction of sp³-hybridized carbons (Fsp3) is 0.238. The normalized spacial score (nSPS) is 19.0. The Kier molecular flexibility index (Phi) is 5.33. The van der Waals surface area contributed by atoms with Crippen LogP contribution in [-0.4, -0.2) is 24.3 Å². The minimum atomic E-state index is -0.182. The summed E-state index contributed by atoms with van der Waals surface area (Å²) in [5, 5.41) is 3.87. The molecule has 4 rings (SSSR count). The van der Waals surface area contributed by atoms with Crippen molar-refractivity contribution in [1.82, 2.24) is 5.32 Å². The Morgan fingerprint density at radius 2 is 1.93 bits per heavy atom. The van der Waals surface area contributed by atoms with E-state index in [2.05, 4.69) is 10.3 Å². The number of rotatable bonds is 2. The third-order valence-corrected chi connectivity index (χ3v) is 5.62. The predicted molar refractivity (Wildman–Crippen MR) is 114 cm³/mol. The van der Waals surface area contributed by atoms with Crippen molar-refractivity contribution in [2.75, 3.05) is 13.2 Å². The number of hydrogen-bond acceptors (Lipinski definition) is 5.